The van der Waals surface area contributed by atoms with Gasteiger partial charge in [0.05, 0.1) is 5.60 Å². The Morgan fingerprint density at radius 2 is 2.19 bits per heavy atom. The highest BCUT2D eigenvalue weighted by Gasteiger charge is 2.35. The van der Waals surface area contributed by atoms with Gasteiger partial charge in [0.25, 0.3) is 0 Å². The summed E-state index contributed by atoms with van der Waals surface area (Å²) in [5.74, 6) is 0. The standard InChI is InChI=1S/C14H25NO/c1-6-12-11(7-8-14(12,4)16)13(15-5)9-10(2)3/h9,13,15-16H,6-8H2,1-5H3. The summed E-state index contributed by atoms with van der Waals surface area (Å²) in [6.45, 7) is 8.30. The third-order valence-corrected chi connectivity index (χ3v) is 3.46. The average Bonchev–Trinajstić information content (AvgIpc) is 2.49. The topological polar surface area (TPSA) is 32.3 Å². The highest BCUT2D eigenvalue weighted by atomic mass is 16.3. The maximum Gasteiger partial charge on any atom is 0.0835 e. The van der Waals surface area contributed by atoms with E-state index in [1.807, 2.05) is 14.0 Å². The zero-order valence-electron chi connectivity index (χ0n) is 11.2. The van der Waals surface area contributed by atoms with Gasteiger partial charge in [-0.05, 0) is 58.2 Å². The fraction of sp³-hybridized carbons (Fsp3) is 0.714. The second-order valence-electron chi connectivity index (χ2n) is 5.14. The van der Waals surface area contributed by atoms with Crippen molar-refractivity contribution in [3.63, 3.8) is 0 Å². The van der Waals surface area contributed by atoms with Crippen LogP contribution >= 0.6 is 0 Å². The number of likely N-dealkylation sites (N-methyl/N-ethyl adjacent to an activating group) is 1. The normalized spacial score (nSPS) is 27.1. The van der Waals surface area contributed by atoms with E-state index in [0.29, 0.717) is 0 Å². The van der Waals surface area contributed by atoms with Crippen LogP contribution in [0.5, 0.6) is 0 Å². The van der Waals surface area contributed by atoms with Crippen LogP contribution in [0.3, 0.4) is 0 Å². The SMILES string of the molecule is CCC1=C(C(C=C(C)C)NC)CCC1(C)O. The smallest absolute Gasteiger partial charge is 0.0835 e. The van der Waals surface area contributed by atoms with E-state index in [2.05, 4.69) is 32.2 Å². The van der Waals surface area contributed by atoms with Crippen molar-refractivity contribution in [1.82, 2.24) is 5.32 Å². The zero-order chi connectivity index (χ0) is 12.3. The molecule has 0 radical (unpaired) electrons. The molecule has 0 aliphatic heterocycles. The number of hydrogen-bond donors (Lipinski definition) is 2. The van der Waals surface area contributed by atoms with Gasteiger partial charge in [-0.3, -0.25) is 0 Å². The largest absolute Gasteiger partial charge is 0.386 e. The van der Waals surface area contributed by atoms with Crippen molar-refractivity contribution >= 4 is 0 Å². The summed E-state index contributed by atoms with van der Waals surface area (Å²) < 4.78 is 0. The number of hydrogen-bond acceptors (Lipinski definition) is 2. The molecule has 16 heavy (non-hydrogen) atoms. The Kier molecular flexibility index (Phi) is 4.34. The lowest BCUT2D eigenvalue weighted by molar-refractivity contribution is 0.0970. The Morgan fingerprint density at radius 3 is 2.62 bits per heavy atom. The fourth-order valence-corrected chi connectivity index (χ4v) is 2.67. The van der Waals surface area contributed by atoms with Crippen LogP contribution in [0.1, 0.15) is 47.0 Å². The molecular formula is C14H25NO. The molecule has 0 aromatic heterocycles. The molecule has 2 heteroatoms. The predicted molar refractivity (Wildman–Crippen MR) is 69.5 cm³/mol. The first-order valence-electron chi connectivity index (χ1n) is 6.19. The molecule has 0 fully saturated rings. The van der Waals surface area contributed by atoms with E-state index in [9.17, 15) is 5.11 Å². The van der Waals surface area contributed by atoms with Crippen molar-refractivity contribution in [2.75, 3.05) is 7.05 Å². The second kappa shape index (κ2) is 5.15. The van der Waals surface area contributed by atoms with Gasteiger partial charge in [0.15, 0.2) is 0 Å². The van der Waals surface area contributed by atoms with Crippen molar-refractivity contribution in [1.29, 1.82) is 0 Å². The predicted octanol–water partition coefficient (Wildman–Crippen LogP) is 2.79. The lowest BCUT2D eigenvalue weighted by atomic mass is 9.93. The van der Waals surface area contributed by atoms with Crippen molar-refractivity contribution in [3.8, 4) is 0 Å². The molecule has 1 aliphatic carbocycles. The van der Waals surface area contributed by atoms with Gasteiger partial charge in [-0.1, -0.05) is 18.6 Å². The van der Waals surface area contributed by atoms with Crippen molar-refractivity contribution in [3.05, 3.63) is 22.8 Å². The second-order valence-corrected chi connectivity index (χ2v) is 5.14. The molecule has 2 nitrogen and oxygen atoms in total. The Hall–Kier alpha value is -0.600. The van der Waals surface area contributed by atoms with E-state index >= 15 is 0 Å². The van der Waals surface area contributed by atoms with Gasteiger partial charge in [0, 0.05) is 6.04 Å². The van der Waals surface area contributed by atoms with Crippen LogP contribution in [0.2, 0.25) is 0 Å². The molecule has 92 valence electrons. The van der Waals surface area contributed by atoms with Gasteiger partial charge in [-0.15, -0.1) is 0 Å². The first-order chi connectivity index (χ1) is 7.42. The molecule has 0 heterocycles. The maximum absolute atomic E-state index is 10.3. The van der Waals surface area contributed by atoms with Crippen molar-refractivity contribution in [2.45, 2.75) is 58.6 Å². The lowest BCUT2D eigenvalue weighted by Gasteiger charge is -2.22. The number of aliphatic hydroxyl groups is 1. The van der Waals surface area contributed by atoms with E-state index in [1.54, 1.807) is 0 Å². The Morgan fingerprint density at radius 1 is 1.56 bits per heavy atom. The first-order valence-corrected chi connectivity index (χ1v) is 6.19. The highest BCUT2D eigenvalue weighted by Crippen LogP contribution is 2.39. The fourth-order valence-electron chi connectivity index (χ4n) is 2.67. The van der Waals surface area contributed by atoms with Crippen LogP contribution in [0.15, 0.2) is 22.8 Å². The van der Waals surface area contributed by atoms with Crippen LogP contribution in [-0.4, -0.2) is 23.8 Å². The van der Waals surface area contributed by atoms with Gasteiger partial charge < -0.3 is 10.4 Å². The van der Waals surface area contributed by atoms with Crippen molar-refractivity contribution < 1.29 is 5.11 Å². The van der Waals surface area contributed by atoms with Gasteiger partial charge in [-0.25, -0.2) is 0 Å². The molecule has 0 amide bonds. The average molecular weight is 223 g/mol. The minimum atomic E-state index is -0.589. The van der Waals surface area contributed by atoms with Gasteiger partial charge >= 0.3 is 0 Å². The summed E-state index contributed by atoms with van der Waals surface area (Å²) in [7, 11) is 1.98. The quantitative estimate of drug-likeness (QED) is 0.718. The summed E-state index contributed by atoms with van der Waals surface area (Å²) in [6.07, 6.45) is 5.05. The molecule has 0 aromatic carbocycles. The molecule has 2 unspecified atom stereocenters. The minimum absolute atomic E-state index is 0.286. The molecule has 1 rings (SSSR count). The van der Waals surface area contributed by atoms with Crippen molar-refractivity contribution in [2.24, 2.45) is 0 Å². The number of nitrogens with one attached hydrogen (secondary N) is 1. The number of rotatable bonds is 4. The summed E-state index contributed by atoms with van der Waals surface area (Å²) in [5, 5.41) is 13.6. The molecule has 2 N–H and O–H groups in total. The first kappa shape index (κ1) is 13.5. The molecule has 2 atom stereocenters. The lowest BCUT2D eigenvalue weighted by Crippen LogP contribution is -2.27. The number of allylic oxidation sites excluding steroid dienone is 1. The van der Waals surface area contributed by atoms with E-state index in [4.69, 9.17) is 0 Å². The Bertz CT molecular complexity index is 309. The van der Waals surface area contributed by atoms with Crippen LogP contribution < -0.4 is 5.32 Å². The summed E-state index contributed by atoms with van der Waals surface area (Å²) in [6, 6.07) is 0.286. The molecule has 0 saturated heterocycles. The van der Waals surface area contributed by atoms with Crippen LogP contribution in [-0.2, 0) is 0 Å². The van der Waals surface area contributed by atoms with Crippen LogP contribution in [0.25, 0.3) is 0 Å². The van der Waals surface area contributed by atoms with E-state index < -0.39 is 5.60 Å². The zero-order valence-corrected chi connectivity index (χ0v) is 11.2. The molecule has 0 saturated carbocycles. The van der Waals surface area contributed by atoms with E-state index in [0.717, 1.165) is 19.3 Å². The van der Waals surface area contributed by atoms with Crippen LogP contribution in [0.4, 0.5) is 0 Å². The van der Waals surface area contributed by atoms with Crippen LogP contribution in [0, 0.1) is 0 Å². The molecule has 0 spiro atoms. The summed E-state index contributed by atoms with van der Waals surface area (Å²) >= 11 is 0. The third kappa shape index (κ3) is 2.74. The molecule has 0 aromatic rings. The van der Waals surface area contributed by atoms with Gasteiger partial charge in [-0.2, -0.15) is 0 Å². The third-order valence-electron chi connectivity index (χ3n) is 3.46. The molecular weight excluding hydrogens is 198 g/mol. The maximum atomic E-state index is 10.3. The molecule has 1 aliphatic rings. The monoisotopic (exact) mass is 223 g/mol. The highest BCUT2D eigenvalue weighted by molar-refractivity contribution is 5.35. The summed E-state index contributed by atoms with van der Waals surface area (Å²) in [4.78, 5) is 0. The van der Waals surface area contributed by atoms with E-state index in [1.165, 1.54) is 16.7 Å². The summed E-state index contributed by atoms with van der Waals surface area (Å²) in [5.41, 5.74) is 3.34. The Labute approximate surface area is 99.4 Å². The minimum Gasteiger partial charge on any atom is -0.386 e. The molecule has 0 bridgehead atoms. The van der Waals surface area contributed by atoms with E-state index in [-0.39, 0.29) is 6.04 Å². The Balaban J connectivity index is 3.05. The van der Waals surface area contributed by atoms with Gasteiger partial charge in [0.1, 0.15) is 0 Å². The van der Waals surface area contributed by atoms with Gasteiger partial charge in [0.2, 0.25) is 0 Å².